The van der Waals surface area contributed by atoms with Gasteiger partial charge >= 0.3 is 0 Å². The lowest BCUT2D eigenvalue weighted by molar-refractivity contribution is -0.141. The Bertz CT molecular complexity index is 864. The van der Waals surface area contributed by atoms with Crippen molar-refractivity contribution in [1.82, 2.24) is 10.2 Å². The van der Waals surface area contributed by atoms with Gasteiger partial charge in [0.25, 0.3) is 0 Å². The van der Waals surface area contributed by atoms with Crippen molar-refractivity contribution in [3.63, 3.8) is 0 Å². The van der Waals surface area contributed by atoms with E-state index in [2.05, 4.69) is 5.32 Å². The van der Waals surface area contributed by atoms with Crippen LogP contribution in [0.25, 0.3) is 0 Å². The lowest BCUT2D eigenvalue weighted by Crippen LogP contribution is -2.51. The molecule has 0 heterocycles. The second-order valence-corrected chi connectivity index (χ2v) is 7.83. The Morgan fingerprint density at radius 1 is 1.07 bits per heavy atom. The molecule has 0 spiro atoms. The smallest absolute Gasteiger partial charge is 0.243 e. The monoisotopic (exact) mass is 414 g/mol. The molecular formula is C24H28F2N2O2. The van der Waals surface area contributed by atoms with Gasteiger partial charge < -0.3 is 10.2 Å². The van der Waals surface area contributed by atoms with E-state index >= 15 is 0 Å². The second kappa shape index (κ2) is 10.3. The predicted octanol–water partition coefficient (Wildman–Crippen LogP) is 4.37. The molecular weight excluding hydrogens is 386 g/mol. The lowest BCUT2D eigenvalue weighted by Gasteiger charge is -2.31. The third-order valence-corrected chi connectivity index (χ3v) is 5.65. The van der Waals surface area contributed by atoms with Gasteiger partial charge in [0.2, 0.25) is 11.8 Å². The molecule has 2 amide bonds. The van der Waals surface area contributed by atoms with Crippen LogP contribution in [0.15, 0.2) is 48.5 Å². The summed E-state index contributed by atoms with van der Waals surface area (Å²) in [6.07, 6.45) is 4.37. The molecule has 1 aliphatic carbocycles. The number of benzene rings is 2. The first-order chi connectivity index (χ1) is 14.5. The van der Waals surface area contributed by atoms with E-state index in [-0.39, 0.29) is 42.2 Å². The first-order valence-corrected chi connectivity index (χ1v) is 10.6. The zero-order chi connectivity index (χ0) is 21.5. The van der Waals surface area contributed by atoms with Crippen LogP contribution in [0.3, 0.4) is 0 Å². The maximum absolute atomic E-state index is 14.1. The van der Waals surface area contributed by atoms with Gasteiger partial charge in [-0.25, -0.2) is 8.78 Å². The number of nitrogens with one attached hydrogen (secondary N) is 1. The fourth-order valence-corrected chi connectivity index (χ4v) is 3.98. The summed E-state index contributed by atoms with van der Waals surface area (Å²) < 4.78 is 27.4. The lowest BCUT2D eigenvalue weighted by atomic mass is 10.1. The summed E-state index contributed by atoms with van der Waals surface area (Å²) in [4.78, 5) is 27.7. The van der Waals surface area contributed by atoms with Gasteiger partial charge in [-0.2, -0.15) is 0 Å². The Balaban J connectivity index is 1.82. The van der Waals surface area contributed by atoms with E-state index in [0.717, 1.165) is 25.7 Å². The zero-order valence-corrected chi connectivity index (χ0v) is 17.2. The van der Waals surface area contributed by atoms with E-state index in [0.29, 0.717) is 12.0 Å². The molecule has 0 bridgehead atoms. The molecule has 1 saturated carbocycles. The molecule has 30 heavy (non-hydrogen) atoms. The Morgan fingerprint density at radius 3 is 2.37 bits per heavy atom. The fourth-order valence-electron chi connectivity index (χ4n) is 3.98. The van der Waals surface area contributed by atoms with Crippen molar-refractivity contribution in [2.75, 3.05) is 0 Å². The topological polar surface area (TPSA) is 49.4 Å². The van der Waals surface area contributed by atoms with E-state index in [1.165, 1.54) is 23.1 Å². The van der Waals surface area contributed by atoms with Crippen molar-refractivity contribution in [3.05, 3.63) is 71.3 Å². The number of carbonyl (C=O) groups is 2. The minimum absolute atomic E-state index is 0.138. The summed E-state index contributed by atoms with van der Waals surface area (Å²) in [5.41, 5.74) is 1.00. The number of amides is 2. The van der Waals surface area contributed by atoms with E-state index in [1.54, 1.807) is 30.3 Å². The van der Waals surface area contributed by atoms with E-state index in [1.807, 2.05) is 6.92 Å². The van der Waals surface area contributed by atoms with Crippen LogP contribution in [0.4, 0.5) is 8.78 Å². The minimum atomic E-state index is -0.671. The molecule has 6 heteroatoms. The number of nitrogens with zero attached hydrogens (tertiary/aromatic N) is 1. The van der Waals surface area contributed by atoms with Crippen LogP contribution >= 0.6 is 0 Å². The van der Waals surface area contributed by atoms with Crippen LogP contribution in [0.1, 0.15) is 50.2 Å². The van der Waals surface area contributed by atoms with Crippen LogP contribution in [-0.2, 0) is 22.6 Å². The molecule has 2 aromatic carbocycles. The molecule has 2 aromatic rings. The average molecular weight is 414 g/mol. The predicted molar refractivity (Wildman–Crippen MR) is 112 cm³/mol. The standard InChI is InChI=1S/C24H28F2N2O2/c1-2-22(24(30)27-20-8-4-5-9-20)28(16-17-11-13-19(25)14-12-17)23(29)15-18-7-3-6-10-21(18)26/h3,6-7,10-14,20,22H,2,4-5,8-9,15-16H2,1H3,(H,27,30). The quantitative estimate of drug-likeness (QED) is 0.697. The molecule has 0 saturated heterocycles. The molecule has 160 valence electrons. The van der Waals surface area contributed by atoms with Gasteiger partial charge in [-0.3, -0.25) is 9.59 Å². The molecule has 1 N–H and O–H groups in total. The van der Waals surface area contributed by atoms with Gasteiger partial charge in [0.05, 0.1) is 6.42 Å². The first kappa shape index (κ1) is 21.9. The van der Waals surface area contributed by atoms with Gasteiger partial charge in [0.15, 0.2) is 0 Å². The van der Waals surface area contributed by atoms with Crippen molar-refractivity contribution < 1.29 is 18.4 Å². The Labute approximate surface area is 176 Å². The van der Waals surface area contributed by atoms with Gasteiger partial charge in [-0.1, -0.05) is 50.1 Å². The maximum Gasteiger partial charge on any atom is 0.243 e. The molecule has 1 unspecified atom stereocenters. The van der Waals surface area contributed by atoms with E-state index in [4.69, 9.17) is 0 Å². The number of rotatable bonds is 8. The molecule has 1 atom stereocenters. The van der Waals surface area contributed by atoms with Crippen LogP contribution in [0.5, 0.6) is 0 Å². The highest BCUT2D eigenvalue weighted by Crippen LogP contribution is 2.20. The van der Waals surface area contributed by atoms with E-state index < -0.39 is 11.9 Å². The summed E-state index contributed by atoms with van der Waals surface area (Å²) in [7, 11) is 0. The molecule has 1 aliphatic rings. The second-order valence-electron chi connectivity index (χ2n) is 7.83. The summed E-state index contributed by atoms with van der Waals surface area (Å²) in [5, 5.41) is 3.07. The first-order valence-electron chi connectivity index (χ1n) is 10.6. The zero-order valence-electron chi connectivity index (χ0n) is 17.2. The van der Waals surface area contributed by atoms with Gasteiger partial charge in [-0.05, 0) is 48.6 Å². The number of halogens is 2. The average Bonchev–Trinajstić information content (AvgIpc) is 3.24. The van der Waals surface area contributed by atoms with Crippen molar-refractivity contribution in [2.45, 2.75) is 64.1 Å². The van der Waals surface area contributed by atoms with Crippen molar-refractivity contribution in [3.8, 4) is 0 Å². The number of carbonyl (C=O) groups excluding carboxylic acids is 2. The van der Waals surface area contributed by atoms with Crippen molar-refractivity contribution >= 4 is 11.8 Å². The van der Waals surface area contributed by atoms with Crippen LogP contribution in [0, 0.1) is 11.6 Å². The van der Waals surface area contributed by atoms with Crippen LogP contribution < -0.4 is 5.32 Å². The van der Waals surface area contributed by atoms with Crippen LogP contribution in [0.2, 0.25) is 0 Å². The molecule has 0 aliphatic heterocycles. The highest BCUT2D eigenvalue weighted by Gasteiger charge is 2.30. The highest BCUT2D eigenvalue weighted by atomic mass is 19.1. The number of hydrogen-bond acceptors (Lipinski definition) is 2. The fraction of sp³-hybridized carbons (Fsp3) is 0.417. The molecule has 3 rings (SSSR count). The SMILES string of the molecule is CCC(C(=O)NC1CCCC1)N(Cc1ccc(F)cc1)C(=O)Cc1ccccc1F. The van der Waals surface area contributed by atoms with Crippen molar-refractivity contribution in [1.29, 1.82) is 0 Å². The minimum Gasteiger partial charge on any atom is -0.352 e. The summed E-state index contributed by atoms with van der Waals surface area (Å²) >= 11 is 0. The molecule has 0 radical (unpaired) electrons. The Morgan fingerprint density at radius 2 is 1.73 bits per heavy atom. The summed E-state index contributed by atoms with van der Waals surface area (Å²) in [6, 6.07) is 11.5. The van der Waals surface area contributed by atoms with Crippen molar-refractivity contribution in [2.24, 2.45) is 0 Å². The van der Waals surface area contributed by atoms with E-state index in [9.17, 15) is 18.4 Å². The number of hydrogen-bond donors (Lipinski definition) is 1. The van der Waals surface area contributed by atoms with Gasteiger partial charge in [-0.15, -0.1) is 0 Å². The molecule has 1 fully saturated rings. The normalized spacial score (nSPS) is 15.0. The maximum atomic E-state index is 14.1. The summed E-state index contributed by atoms with van der Waals surface area (Å²) in [6.45, 7) is 2.01. The Hall–Kier alpha value is -2.76. The van der Waals surface area contributed by atoms with Gasteiger partial charge in [0.1, 0.15) is 17.7 Å². The highest BCUT2D eigenvalue weighted by molar-refractivity contribution is 5.88. The largest absolute Gasteiger partial charge is 0.352 e. The third-order valence-electron chi connectivity index (χ3n) is 5.65. The summed E-state index contributed by atoms with van der Waals surface area (Å²) in [5.74, 6) is -1.34. The third kappa shape index (κ3) is 5.65. The van der Waals surface area contributed by atoms with Gasteiger partial charge in [0, 0.05) is 12.6 Å². The van der Waals surface area contributed by atoms with Crippen LogP contribution in [-0.4, -0.2) is 28.8 Å². The molecule has 0 aromatic heterocycles. The molecule has 4 nitrogen and oxygen atoms in total. The Kier molecular flexibility index (Phi) is 7.55.